The molecule has 1 aromatic rings. The lowest BCUT2D eigenvalue weighted by Crippen LogP contribution is -2.19. The number of rotatable bonds is 4. The molecule has 88 valence electrons. The van der Waals surface area contributed by atoms with Crippen LogP contribution in [0, 0.1) is 0 Å². The highest BCUT2D eigenvalue weighted by Crippen LogP contribution is 2.31. The van der Waals surface area contributed by atoms with Crippen molar-refractivity contribution in [3.8, 4) is 0 Å². The molecule has 0 fully saturated rings. The Morgan fingerprint density at radius 3 is 2.06 bits per heavy atom. The van der Waals surface area contributed by atoms with Gasteiger partial charge in [-0.2, -0.15) is 0 Å². The Morgan fingerprint density at radius 1 is 1.12 bits per heavy atom. The van der Waals surface area contributed by atoms with Crippen LogP contribution in [0.4, 0.5) is 0 Å². The van der Waals surface area contributed by atoms with E-state index in [9.17, 15) is 4.79 Å². The zero-order valence-electron chi connectivity index (χ0n) is 10.3. The van der Waals surface area contributed by atoms with Crippen molar-refractivity contribution in [3.05, 3.63) is 35.4 Å². The first-order valence-electron chi connectivity index (χ1n) is 5.68. The first kappa shape index (κ1) is 13.4. The summed E-state index contributed by atoms with van der Waals surface area (Å²) in [5, 5.41) is 0. The maximum Gasteiger partial charge on any atom is 0.144 e. The van der Waals surface area contributed by atoms with Crippen LogP contribution in [0.2, 0.25) is 0 Å². The Hall–Kier alpha value is -0.630. The number of halogens is 1. The molecule has 1 aromatic carbocycles. The van der Waals surface area contributed by atoms with E-state index in [-0.39, 0.29) is 16.5 Å². The summed E-state index contributed by atoms with van der Waals surface area (Å²) in [6.07, 6.45) is 0. The van der Waals surface area contributed by atoms with E-state index in [1.165, 1.54) is 11.1 Å². The number of carbonyl (C=O) groups is 1. The van der Waals surface area contributed by atoms with Crippen LogP contribution in [-0.4, -0.2) is 10.6 Å². The molecule has 1 nitrogen and oxygen atoms in total. The van der Waals surface area contributed by atoms with Crippen molar-refractivity contribution in [3.63, 3.8) is 0 Å². The molecule has 0 N–H and O–H groups in total. The van der Waals surface area contributed by atoms with Crippen molar-refractivity contribution in [2.45, 2.75) is 44.4 Å². The van der Waals surface area contributed by atoms with Gasteiger partial charge in [-0.05, 0) is 24.0 Å². The topological polar surface area (TPSA) is 17.1 Å². The SMILES string of the molecule is CC(=O)C(Br)C(C)c1ccccc1C(C)C. The lowest BCUT2D eigenvalue weighted by molar-refractivity contribution is -0.116. The summed E-state index contributed by atoms with van der Waals surface area (Å²) in [6, 6.07) is 8.37. The first-order valence-corrected chi connectivity index (χ1v) is 6.60. The van der Waals surface area contributed by atoms with Crippen LogP contribution < -0.4 is 0 Å². The summed E-state index contributed by atoms with van der Waals surface area (Å²) < 4.78 is 0. The van der Waals surface area contributed by atoms with Crippen LogP contribution >= 0.6 is 15.9 Å². The van der Waals surface area contributed by atoms with Gasteiger partial charge in [0, 0.05) is 5.92 Å². The van der Waals surface area contributed by atoms with Gasteiger partial charge in [0.25, 0.3) is 0 Å². The van der Waals surface area contributed by atoms with Crippen LogP contribution in [0.15, 0.2) is 24.3 Å². The molecule has 0 bridgehead atoms. The molecular formula is C14H19BrO. The molecule has 0 aliphatic rings. The minimum atomic E-state index is -0.0904. The smallest absolute Gasteiger partial charge is 0.144 e. The lowest BCUT2D eigenvalue weighted by Gasteiger charge is -2.21. The van der Waals surface area contributed by atoms with E-state index in [4.69, 9.17) is 0 Å². The van der Waals surface area contributed by atoms with E-state index in [0.717, 1.165) is 0 Å². The van der Waals surface area contributed by atoms with Crippen LogP contribution in [-0.2, 0) is 4.79 Å². The molecule has 2 unspecified atom stereocenters. The predicted octanol–water partition coefficient (Wildman–Crippen LogP) is 4.27. The second kappa shape index (κ2) is 5.62. The minimum Gasteiger partial charge on any atom is -0.299 e. The Bertz CT molecular complexity index is 371. The molecule has 0 aliphatic heterocycles. The van der Waals surface area contributed by atoms with Crippen LogP contribution in [0.1, 0.15) is 50.7 Å². The second-order valence-electron chi connectivity index (χ2n) is 4.58. The number of carbonyl (C=O) groups excluding carboxylic acids is 1. The zero-order valence-corrected chi connectivity index (χ0v) is 11.9. The standard InChI is InChI=1S/C14H19BrO/c1-9(2)12-7-5-6-8-13(12)10(3)14(15)11(4)16/h5-10,14H,1-4H3. The minimum absolute atomic E-state index is 0.0904. The van der Waals surface area contributed by atoms with E-state index >= 15 is 0 Å². The summed E-state index contributed by atoms with van der Waals surface area (Å²) in [7, 11) is 0. The number of hydrogen-bond donors (Lipinski definition) is 0. The molecule has 0 saturated carbocycles. The fraction of sp³-hybridized carbons (Fsp3) is 0.500. The highest BCUT2D eigenvalue weighted by molar-refractivity contribution is 9.10. The van der Waals surface area contributed by atoms with Gasteiger partial charge in [-0.3, -0.25) is 4.79 Å². The molecule has 0 heterocycles. The van der Waals surface area contributed by atoms with E-state index < -0.39 is 0 Å². The Kier molecular flexibility index (Phi) is 4.72. The molecule has 1 rings (SSSR count). The van der Waals surface area contributed by atoms with Gasteiger partial charge in [-0.15, -0.1) is 0 Å². The average Bonchev–Trinajstić information content (AvgIpc) is 2.26. The van der Waals surface area contributed by atoms with E-state index in [1.54, 1.807) is 6.92 Å². The van der Waals surface area contributed by atoms with Gasteiger partial charge in [-0.1, -0.05) is 61.0 Å². The fourth-order valence-electron chi connectivity index (χ4n) is 1.96. The quantitative estimate of drug-likeness (QED) is 0.754. The summed E-state index contributed by atoms with van der Waals surface area (Å²) >= 11 is 3.48. The van der Waals surface area contributed by atoms with Gasteiger partial charge < -0.3 is 0 Å². The molecule has 2 atom stereocenters. The Balaban J connectivity index is 3.07. The van der Waals surface area contributed by atoms with Crippen LogP contribution in [0.3, 0.4) is 0 Å². The number of hydrogen-bond acceptors (Lipinski definition) is 1. The van der Waals surface area contributed by atoms with Crippen molar-refractivity contribution in [2.75, 3.05) is 0 Å². The van der Waals surface area contributed by atoms with E-state index in [0.29, 0.717) is 5.92 Å². The van der Waals surface area contributed by atoms with Crippen molar-refractivity contribution in [1.82, 2.24) is 0 Å². The predicted molar refractivity (Wildman–Crippen MR) is 72.3 cm³/mol. The molecule has 2 heteroatoms. The molecule has 0 spiro atoms. The van der Waals surface area contributed by atoms with Gasteiger partial charge >= 0.3 is 0 Å². The highest BCUT2D eigenvalue weighted by Gasteiger charge is 2.22. The van der Waals surface area contributed by atoms with Crippen LogP contribution in [0.25, 0.3) is 0 Å². The summed E-state index contributed by atoms with van der Waals surface area (Å²) in [5.74, 6) is 0.896. The first-order chi connectivity index (χ1) is 7.45. The van der Waals surface area contributed by atoms with Crippen molar-refractivity contribution >= 4 is 21.7 Å². The second-order valence-corrected chi connectivity index (χ2v) is 5.57. The maximum atomic E-state index is 11.4. The third-order valence-corrected chi connectivity index (χ3v) is 4.37. The summed E-state index contributed by atoms with van der Waals surface area (Å²) in [6.45, 7) is 8.10. The molecule has 0 radical (unpaired) electrons. The third-order valence-electron chi connectivity index (χ3n) is 2.94. The molecule has 0 aromatic heterocycles. The number of ketones is 1. The molecule has 0 saturated heterocycles. The van der Waals surface area contributed by atoms with Gasteiger partial charge in [0.15, 0.2) is 0 Å². The van der Waals surface area contributed by atoms with Gasteiger partial charge in [0.05, 0.1) is 4.83 Å². The zero-order chi connectivity index (χ0) is 12.3. The monoisotopic (exact) mass is 282 g/mol. The maximum absolute atomic E-state index is 11.4. The molecule has 0 amide bonds. The lowest BCUT2D eigenvalue weighted by atomic mass is 9.87. The van der Waals surface area contributed by atoms with Crippen molar-refractivity contribution < 1.29 is 4.79 Å². The Morgan fingerprint density at radius 2 is 1.62 bits per heavy atom. The fourth-order valence-corrected chi connectivity index (χ4v) is 2.25. The Labute approximate surface area is 106 Å². The highest BCUT2D eigenvalue weighted by atomic mass is 79.9. The van der Waals surface area contributed by atoms with E-state index in [2.05, 4.69) is 54.9 Å². The van der Waals surface area contributed by atoms with Crippen molar-refractivity contribution in [2.24, 2.45) is 0 Å². The normalized spacial score (nSPS) is 14.9. The van der Waals surface area contributed by atoms with Gasteiger partial charge in [0.1, 0.15) is 5.78 Å². The van der Waals surface area contributed by atoms with Gasteiger partial charge in [-0.25, -0.2) is 0 Å². The van der Waals surface area contributed by atoms with Crippen molar-refractivity contribution in [1.29, 1.82) is 0 Å². The molecule has 0 aliphatic carbocycles. The largest absolute Gasteiger partial charge is 0.299 e. The summed E-state index contributed by atoms with van der Waals surface area (Å²) in [5.41, 5.74) is 2.61. The van der Waals surface area contributed by atoms with Gasteiger partial charge in [0.2, 0.25) is 0 Å². The number of alkyl halides is 1. The number of Topliss-reactive ketones (excluding diaryl/α,β-unsaturated/α-hetero) is 1. The number of benzene rings is 1. The third kappa shape index (κ3) is 2.94. The summed E-state index contributed by atoms with van der Waals surface area (Å²) in [4.78, 5) is 11.3. The molecular weight excluding hydrogens is 264 g/mol. The molecule has 16 heavy (non-hydrogen) atoms. The van der Waals surface area contributed by atoms with Crippen LogP contribution in [0.5, 0.6) is 0 Å². The average molecular weight is 283 g/mol. The van der Waals surface area contributed by atoms with E-state index in [1.807, 2.05) is 6.07 Å².